The van der Waals surface area contributed by atoms with Crippen LogP contribution in [0.25, 0.3) is 0 Å². The summed E-state index contributed by atoms with van der Waals surface area (Å²) in [6, 6.07) is 0. The van der Waals surface area contributed by atoms with Gasteiger partial charge in [-0.25, -0.2) is 0 Å². The van der Waals surface area contributed by atoms with Crippen molar-refractivity contribution in [2.24, 2.45) is 0 Å². The third kappa shape index (κ3) is 1.75. The largest absolute Gasteiger partial charge is 0.480 e. The fraction of sp³-hybridized carbons (Fsp3) is 0.333. The van der Waals surface area contributed by atoms with Gasteiger partial charge in [0.25, 0.3) is 5.91 Å². The maximum absolute atomic E-state index is 11.1. The van der Waals surface area contributed by atoms with Crippen LogP contribution in [-0.4, -0.2) is 33.1 Å². The third-order valence-corrected chi connectivity index (χ3v) is 2.84. The Morgan fingerprint density at radius 3 is 2.75 bits per heavy atom. The quantitative estimate of drug-likeness (QED) is 0.505. The van der Waals surface area contributed by atoms with Crippen LogP contribution >= 0.6 is 24.4 Å². The molecule has 1 aliphatic heterocycles. The molecule has 0 radical (unpaired) electrons. The van der Waals surface area contributed by atoms with E-state index in [2.05, 4.69) is 19.2 Å². The van der Waals surface area contributed by atoms with E-state index in [1.54, 1.807) is 0 Å². The van der Waals surface area contributed by atoms with Crippen LogP contribution in [0.15, 0.2) is 11.5 Å². The molecule has 1 fully saturated rings. The number of hydrogen-bond acceptors (Lipinski definition) is 4. The van der Waals surface area contributed by atoms with Gasteiger partial charge in [-0.1, -0.05) is 18.3 Å². The Kier molecular flexibility index (Phi) is 2.69. The number of hydrogen-bond donors (Lipinski definition) is 2. The van der Waals surface area contributed by atoms with Crippen LogP contribution in [0.1, 0.15) is 0 Å². The predicted octanol–water partition coefficient (Wildman–Crippen LogP) is 0.373. The highest BCUT2D eigenvalue weighted by Crippen LogP contribution is 2.35. The molecule has 1 N–H and O–H groups in total. The van der Waals surface area contributed by atoms with E-state index in [0.717, 1.165) is 16.7 Å². The molecule has 0 spiro atoms. The number of amides is 1. The molecule has 0 aromatic rings. The second-order valence-electron chi connectivity index (χ2n) is 2.19. The number of carbonyl (C=O) groups is 2. The topological polar surface area (TPSA) is 57.6 Å². The Labute approximate surface area is 79.0 Å². The highest BCUT2D eigenvalue weighted by atomic mass is 32.2. The fourth-order valence-corrected chi connectivity index (χ4v) is 2.14. The molecule has 0 aliphatic carbocycles. The SMILES string of the molecule is C=C1SC(S)N(CC(=O)O)C1=O. The first-order valence-corrected chi connectivity index (χ1v) is 4.48. The summed E-state index contributed by atoms with van der Waals surface area (Å²) in [4.78, 5) is 22.9. The van der Waals surface area contributed by atoms with Crippen LogP contribution in [-0.2, 0) is 9.59 Å². The Bertz CT molecular complexity index is 253. The zero-order valence-corrected chi connectivity index (χ0v) is 7.77. The summed E-state index contributed by atoms with van der Waals surface area (Å²) in [7, 11) is 0. The molecule has 0 bridgehead atoms. The molecule has 1 aliphatic rings. The number of aliphatic carboxylic acids is 1. The van der Waals surface area contributed by atoms with Crippen LogP contribution in [0.4, 0.5) is 0 Å². The molecule has 1 amide bonds. The van der Waals surface area contributed by atoms with Crippen molar-refractivity contribution in [3.05, 3.63) is 11.5 Å². The molecule has 1 atom stereocenters. The number of nitrogens with zero attached hydrogens (tertiary/aromatic N) is 1. The molecule has 0 saturated carbocycles. The Morgan fingerprint density at radius 1 is 1.83 bits per heavy atom. The maximum Gasteiger partial charge on any atom is 0.323 e. The minimum absolute atomic E-state index is 0.320. The van der Waals surface area contributed by atoms with Gasteiger partial charge in [0.2, 0.25) is 0 Å². The zero-order valence-electron chi connectivity index (χ0n) is 6.06. The molecule has 1 saturated heterocycles. The van der Waals surface area contributed by atoms with E-state index >= 15 is 0 Å². The summed E-state index contributed by atoms with van der Waals surface area (Å²) in [6.07, 6.45) is 0. The lowest BCUT2D eigenvalue weighted by Crippen LogP contribution is -2.34. The first-order chi connectivity index (χ1) is 5.52. The number of carbonyl (C=O) groups excluding carboxylic acids is 1. The minimum atomic E-state index is -1.04. The van der Waals surface area contributed by atoms with Crippen molar-refractivity contribution in [1.29, 1.82) is 0 Å². The van der Waals surface area contributed by atoms with E-state index in [1.165, 1.54) is 0 Å². The highest BCUT2D eigenvalue weighted by molar-refractivity contribution is 8.14. The van der Waals surface area contributed by atoms with E-state index in [0.29, 0.717) is 4.91 Å². The minimum Gasteiger partial charge on any atom is -0.480 e. The van der Waals surface area contributed by atoms with Crippen LogP contribution < -0.4 is 0 Å². The predicted molar refractivity (Wildman–Crippen MR) is 48.9 cm³/mol. The summed E-state index contributed by atoms with van der Waals surface area (Å²) in [5.74, 6) is -1.39. The number of carboxylic acid groups (broad SMARTS) is 1. The molecule has 0 aromatic carbocycles. The van der Waals surface area contributed by atoms with Crippen molar-refractivity contribution >= 4 is 36.3 Å². The van der Waals surface area contributed by atoms with Gasteiger partial charge in [0.15, 0.2) is 0 Å². The standard InChI is InChI=1S/C6H7NO3S2/c1-3-5(10)7(2-4(8)9)6(11)12-3/h6,11H,1-2H2,(H,8,9). The average Bonchev–Trinajstić information content (AvgIpc) is 2.16. The lowest BCUT2D eigenvalue weighted by Gasteiger charge is -2.15. The summed E-state index contributed by atoms with van der Waals surface area (Å²) in [6.45, 7) is 3.15. The van der Waals surface area contributed by atoms with Crippen LogP contribution in [0, 0.1) is 0 Å². The normalized spacial score (nSPS) is 23.4. The van der Waals surface area contributed by atoms with E-state index in [9.17, 15) is 9.59 Å². The molecule has 0 aromatic heterocycles. The smallest absolute Gasteiger partial charge is 0.323 e. The van der Waals surface area contributed by atoms with Crippen molar-refractivity contribution in [1.82, 2.24) is 4.90 Å². The summed E-state index contributed by atoms with van der Waals surface area (Å²) in [5, 5.41) is 8.43. The molecule has 12 heavy (non-hydrogen) atoms. The monoisotopic (exact) mass is 205 g/mol. The van der Waals surface area contributed by atoms with Crippen molar-refractivity contribution in [2.45, 2.75) is 4.71 Å². The molecule has 6 heteroatoms. The first kappa shape index (κ1) is 9.47. The van der Waals surface area contributed by atoms with Gasteiger partial charge in [-0.15, -0.1) is 12.6 Å². The van der Waals surface area contributed by atoms with Crippen LogP contribution in [0.3, 0.4) is 0 Å². The van der Waals surface area contributed by atoms with E-state index in [4.69, 9.17) is 5.11 Å². The second kappa shape index (κ2) is 3.40. The first-order valence-electron chi connectivity index (χ1n) is 3.09. The molecule has 66 valence electrons. The van der Waals surface area contributed by atoms with Gasteiger partial charge in [0.05, 0.1) is 4.91 Å². The Balaban J connectivity index is 2.70. The van der Waals surface area contributed by atoms with Gasteiger partial charge < -0.3 is 10.0 Å². The number of thioether (sulfide) groups is 1. The van der Waals surface area contributed by atoms with Crippen molar-refractivity contribution in [3.63, 3.8) is 0 Å². The summed E-state index contributed by atoms with van der Waals surface area (Å²) >= 11 is 5.19. The lowest BCUT2D eigenvalue weighted by molar-refractivity contribution is -0.142. The fourth-order valence-electron chi connectivity index (χ4n) is 0.797. The average molecular weight is 205 g/mol. The Morgan fingerprint density at radius 2 is 2.42 bits per heavy atom. The van der Waals surface area contributed by atoms with E-state index < -0.39 is 10.7 Å². The second-order valence-corrected chi connectivity index (χ2v) is 4.21. The van der Waals surface area contributed by atoms with Gasteiger partial charge in [0.1, 0.15) is 11.3 Å². The molecular weight excluding hydrogens is 198 g/mol. The van der Waals surface area contributed by atoms with Gasteiger partial charge in [0, 0.05) is 0 Å². The number of rotatable bonds is 2. The lowest BCUT2D eigenvalue weighted by atomic mass is 10.5. The molecule has 4 nitrogen and oxygen atoms in total. The van der Waals surface area contributed by atoms with Crippen molar-refractivity contribution < 1.29 is 14.7 Å². The van der Waals surface area contributed by atoms with Gasteiger partial charge >= 0.3 is 5.97 Å². The van der Waals surface area contributed by atoms with E-state index in [-0.39, 0.29) is 12.5 Å². The third-order valence-electron chi connectivity index (χ3n) is 1.32. The molecule has 1 rings (SSSR count). The molecular formula is C6H7NO3S2. The highest BCUT2D eigenvalue weighted by Gasteiger charge is 2.33. The summed E-state index contributed by atoms with van der Waals surface area (Å²) < 4.78 is -0.416. The number of thiol groups is 1. The zero-order chi connectivity index (χ0) is 9.30. The number of carboxylic acids is 1. The Hall–Kier alpha value is -0.620. The summed E-state index contributed by atoms with van der Waals surface area (Å²) in [5.41, 5.74) is 0. The molecule has 1 unspecified atom stereocenters. The van der Waals surface area contributed by atoms with Gasteiger partial charge in [-0.2, -0.15) is 0 Å². The van der Waals surface area contributed by atoms with Crippen LogP contribution in [0.5, 0.6) is 0 Å². The van der Waals surface area contributed by atoms with Gasteiger partial charge in [-0.3, -0.25) is 9.59 Å². The maximum atomic E-state index is 11.1. The van der Waals surface area contributed by atoms with Crippen LogP contribution in [0.2, 0.25) is 0 Å². The molecule has 1 heterocycles. The van der Waals surface area contributed by atoms with Gasteiger partial charge in [-0.05, 0) is 0 Å². The van der Waals surface area contributed by atoms with Crippen molar-refractivity contribution in [3.8, 4) is 0 Å². The van der Waals surface area contributed by atoms with Crippen molar-refractivity contribution in [2.75, 3.05) is 6.54 Å². The van der Waals surface area contributed by atoms with E-state index in [1.807, 2.05) is 0 Å².